The Hall–Kier alpha value is -2.89. The first-order valence-electron chi connectivity index (χ1n) is 9.56. The van der Waals surface area contributed by atoms with E-state index in [-0.39, 0.29) is 30.2 Å². The minimum atomic E-state index is -0.255. The van der Waals surface area contributed by atoms with Crippen LogP contribution in [0.25, 0.3) is 0 Å². The Balaban J connectivity index is 1.59. The van der Waals surface area contributed by atoms with Gasteiger partial charge in [0.2, 0.25) is 11.8 Å². The Morgan fingerprint density at radius 3 is 2.18 bits per heavy atom. The van der Waals surface area contributed by atoms with Crippen LogP contribution < -0.4 is 4.90 Å². The van der Waals surface area contributed by atoms with Crippen molar-refractivity contribution in [1.82, 2.24) is 9.80 Å². The van der Waals surface area contributed by atoms with Crippen LogP contribution in [0.5, 0.6) is 0 Å². The first-order valence-corrected chi connectivity index (χ1v) is 9.56. The van der Waals surface area contributed by atoms with Gasteiger partial charge >= 0.3 is 0 Å². The summed E-state index contributed by atoms with van der Waals surface area (Å²) >= 11 is 0. The van der Waals surface area contributed by atoms with Crippen molar-refractivity contribution in [3.8, 4) is 0 Å². The van der Waals surface area contributed by atoms with E-state index in [0.717, 1.165) is 11.3 Å². The minimum absolute atomic E-state index is 0.0447. The summed E-state index contributed by atoms with van der Waals surface area (Å²) in [7, 11) is 0. The largest absolute Gasteiger partial charge is 0.368 e. The summed E-state index contributed by atoms with van der Waals surface area (Å²) in [5.74, 6) is -0.416. The summed E-state index contributed by atoms with van der Waals surface area (Å²) in [4.78, 5) is 30.5. The average molecular weight is 383 g/mol. The fraction of sp³-hybridized carbons (Fsp3) is 0.364. The van der Waals surface area contributed by atoms with E-state index in [9.17, 15) is 14.0 Å². The molecule has 0 saturated carbocycles. The third kappa shape index (κ3) is 4.68. The van der Waals surface area contributed by atoms with Crippen molar-refractivity contribution in [2.24, 2.45) is 0 Å². The second-order valence-corrected chi connectivity index (χ2v) is 7.08. The van der Waals surface area contributed by atoms with Gasteiger partial charge in [-0.25, -0.2) is 4.39 Å². The zero-order chi connectivity index (χ0) is 20.1. The summed E-state index contributed by atoms with van der Waals surface area (Å²) in [5.41, 5.74) is 1.96. The summed E-state index contributed by atoms with van der Waals surface area (Å²) in [5, 5.41) is 0. The van der Waals surface area contributed by atoms with Crippen molar-refractivity contribution in [3.63, 3.8) is 0 Å². The fourth-order valence-electron chi connectivity index (χ4n) is 3.54. The van der Waals surface area contributed by atoms with E-state index < -0.39 is 0 Å². The zero-order valence-corrected chi connectivity index (χ0v) is 16.3. The summed E-state index contributed by atoms with van der Waals surface area (Å²) < 4.78 is 13.1. The highest BCUT2D eigenvalue weighted by molar-refractivity contribution is 5.84. The van der Waals surface area contributed by atoms with E-state index in [1.54, 1.807) is 21.9 Å². The lowest BCUT2D eigenvalue weighted by Crippen LogP contribution is -2.52. The standard InChI is InChI=1S/C22H26FN3O2/c1-17(19-6-4-3-5-7-19)26(18(2)27)16-22(28)25-14-12-24(13-15-25)21-10-8-20(23)9-11-21/h3-11,17H,12-16H2,1-2H3. The van der Waals surface area contributed by atoms with Gasteiger partial charge in [-0.2, -0.15) is 0 Å². The van der Waals surface area contributed by atoms with Crippen LogP contribution in [0.1, 0.15) is 25.5 Å². The molecule has 1 aliphatic rings. The lowest BCUT2D eigenvalue weighted by molar-refractivity contribution is -0.141. The molecule has 1 saturated heterocycles. The van der Waals surface area contributed by atoms with Gasteiger partial charge in [0.05, 0.1) is 6.04 Å². The van der Waals surface area contributed by atoms with Gasteiger partial charge in [-0.1, -0.05) is 30.3 Å². The Kier molecular flexibility index (Phi) is 6.29. The van der Waals surface area contributed by atoms with E-state index >= 15 is 0 Å². The molecular formula is C22H26FN3O2. The molecule has 5 nitrogen and oxygen atoms in total. The molecule has 0 spiro atoms. The van der Waals surface area contributed by atoms with Gasteiger partial charge < -0.3 is 14.7 Å². The SMILES string of the molecule is CC(=O)N(CC(=O)N1CCN(c2ccc(F)cc2)CC1)C(C)c1ccccc1. The molecule has 1 heterocycles. The number of benzene rings is 2. The highest BCUT2D eigenvalue weighted by atomic mass is 19.1. The molecule has 1 unspecified atom stereocenters. The number of rotatable bonds is 5. The molecule has 2 amide bonds. The molecule has 0 radical (unpaired) electrons. The van der Waals surface area contributed by atoms with E-state index in [0.29, 0.717) is 26.2 Å². The Morgan fingerprint density at radius 2 is 1.61 bits per heavy atom. The number of piperazine rings is 1. The monoisotopic (exact) mass is 383 g/mol. The molecule has 0 aliphatic carbocycles. The van der Waals surface area contributed by atoms with Crippen molar-refractivity contribution >= 4 is 17.5 Å². The molecule has 1 aliphatic heterocycles. The van der Waals surface area contributed by atoms with Crippen molar-refractivity contribution in [1.29, 1.82) is 0 Å². The third-order valence-electron chi connectivity index (χ3n) is 5.28. The Morgan fingerprint density at radius 1 is 1.00 bits per heavy atom. The Labute approximate surface area is 165 Å². The molecule has 6 heteroatoms. The number of nitrogens with zero attached hydrogens (tertiary/aromatic N) is 3. The normalized spacial score (nSPS) is 15.2. The van der Waals surface area contributed by atoms with Crippen molar-refractivity contribution in [3.05, 3.63) is 66.0 Å². The topological polar surface area (TPSA) is 43.9 Å². The van der Waals surface area contributed by atoms with Crippen LogP contribution >= 0.6 is 0 Å². The minimum Gasteiger partial charge on any atom is -0.368 e. The molecule has 0 N–H and O–H groups in total. The predicted molar refractivity (Wildman–Crippen MR) is 107 cm³/mol. The van der Waals surface area contributed by atoms with Gasteiger partial charge in [-0.3, -0.25) is 9.59 Å². The fourth-order valence-corrected chi connectivity index (χ4v) is 3.54. The van der Waals surface area contributed by atoms with Crippen LogP contribution in [0.2, 0.25) is 0 Å². The molecule has 2 aromatic rings. The number of anilines is 1. The summed E-state index contributed by atoms with van der Waals surface area (Å²) in [6, 6.07) is 16.0. The number of carbonyl (C=O) groups excluding carboxylic acids is 2. The number of carbonyl (C=O) groups is 2. The van der Waals surface area contributed by atoms with Crippen LogP contribution in [-0.4, -0.2) is 54.3 Å². The summed E-state index contributed by atoms with van der Waals surface area (Å²) in [6.45, 7) is 6.05. The van der Waals surface area contributed by atoms with Crippen LogP contribution in [0, 0.1) is 5.82 Å². The number of halogens is 1. The lowest BCUT2D eigenvalue weighted by atomic mass is 10.1. The maximum absolute atomic E-state index is 13.1. The second kappa shape index (κ2) is 8.87. The van der Waals surface area contributed by atoms with E-state index in [4.69, 9.17) is 0 Å². The van der Waals surface area contributed by atoms with E-state index in [1.807, 2.05) is 37.3 Å². The molecule has 148 valence electrons. The van der Waals surface area contributed by atoms with E-state index in [1.165, 1.54) is 19.1 Å². The molecule has 0 bridgehead atoms. The van der Waals surface area contributed by atoms with Crippen LogP contribution in [0.3, 0.4) is 0 Å². The predicted octanol–water partition coefficient (Wildman–Crippen LogP) is 3.08. The van der Waals surface area contributed by atoms with Gasteiger partial charge in [0.1, 0.15) is 12.4 Å². The van der Waals surface area contributed by atoms with Crippen molar-refractivity contribution in [2.45, 2.75) is 19.9 Å². The number of hydrogen-bond donors (Lipinski definition) is 0. The highest BCUT2D eigenvalue weighted by Crippen LogP contribution is 2.21. The first kappa shape index (κ1) is 19.9. The Bertz CT molecular complexity index is 802. The molecule has 2 aromatic carbocycles. The average Bonchev–Trinajstić information content (AvgIpc) is 2.72. The maximum atomic E-state index is 13.1. The quantitative estimate of drug-likeness (QED) is 0.797. The molecule has 1 atom stereocenters. The van der Waals surface area contributed by atoms with Crippen LogP contribution in [-0.2, 0) is 9.59 Å². The van der Waals surface area contributed by atoms with Gasteiger partial charge in [-0.05, 0) is 36.8 Å². The second-order valence-electron chi connectivity index (χ2n) is 7.08. The molecule has 28 heavy (non-hydrogen) atoms. The number of amides is 2. The lowest BCUT2D eigenvalue weighted by Gasteiger charge is -2.37. The van der Waals surface area contributed by atoms with Gasteiger partial charge in [0.25, 0.3) is 0 Å². The van der Waals surface area contributed by atoms with Crippen LogP contribution in [0.4, 0.5) is 10.1 Å². The van der Waals surface area contributed by atoms with Crippen LogP contribution in [0.15, 0.2) is 54.6 Å². The zero-order valence-electron chi connectivity index (χ0n) is 16.3. The molecular weight excluding hydrogens is 357 g/mol. The van der Waals surface area contributed by atoms with Crippen molar-refractivity contribution < 1.29 is 14.0 Å². The molecule has 3 rings (SSSR count). The smallest absolute Gasteiger partial charge is 0.242 e. The van der Waals surface area contributed by atoms with Gasteiger partial charge in [0.15, 0.2) is 0 Å². The summed E-state index contributed by atoms with van der Waals surface area (Å²) in [6.07, 6.45) is 0. The van der Waals surface area contributed by atoms with E-state index in [2.05, 4.69) is 4.90 Å². The highest BCUT2D eigenvalue weighted by Gasteiger charge is 2.26. The van der Waals surface area contributed by atoms with Gasteiger partial charge in [0, 0.05) is 38.8 Å². The number of hydrogen-bond acceptors (Lipinski definition) is 3. The van der Waals surface area contributed by atoms with Crippen molar-refractivity contribution in [2.75, 3.05) is 37.6 Å². The molecule has 1 fully saturated rings. The van der Waals surface area contributed by atoms with Gasteiger partial charge in [-0.15, -0.1) is 0 Å². The third-order valence-corrected chi connectivity index (χ3v) is 5.28. The first-order chi connectivity index (χ1) is 13.5. The maximum Gasteiger partial charge on any atom is 0.242 e. The molecule has 0 aromatic heterocycles.